The molecule has 0 radical (unpaired) electrons. The summed E-state index contributed by atoms with van der Waals surface area (Å²) in [5, 5.41) is 3.26. The average molecular weight is 213 g/mol. The fraction of sp³-hybridized carbons (Fsp3) is 0.909. The molecule has 0 bridgehead atoms. The van der Waals surface area contributed by atoms with Crippen molar-refractivity contribution in [2.75, 3.05) is 13.1 Å². The van der Waals surface area contributed by atoms with Gasteiger partial charge in [0.1, 0.15) is 11.2 Å². The van der Waals surface area contributed by atoms with Crippen molar-refractivity contribution in [3.05, 3.63) is 0 Å². The predicted octanol–water partition coefficient (Wildman–Crippen LogP) is 0.849. The minimum Gasteiger partial charge on any atom is -0.458 e. The van der Waals surface area contributed by atoms with Gasteiger partial charge in [0.2, 0.25) is 0 Å². The van der Waals surface area contributed by atoms with Crippen molar-refractivity contribution in [3.8, 4) is 0 Å². The lowest BCUT2D eigenvalue weighted by atomic mass is 9.94. The molecule has 2 aliphatic rings. The van der Waals surface area contributed by atoms with Crippen LogP contribution in [0.2, 0.25) is 0 Å². The van der Waals surface area contributed by atoms with Gasteiger partial charge in [-0.25, -0.2) is 4.79 Å². The number of nitrogens with one attached hydrogen (secondary N) is 1. The third-order valence-electron chi connectivity index (χ3n) is 2.84. The van der Waals surface area contributed by atoms with Crippen LogP contribution in [0.1, 0.15) is 33.6 Å². The molecule has 0 saturated carbocycles. The van der Waals surface area contributed by atoms with E-state index in [-0.39, 0.29) is 17.7 Å². The summed E-state index contributed by atoms with van der Waals surface area (Å²) in [6.07, 6.45) is 1.51. The van der Waals surface area contributed by atoms with Gasteiger partial charge in [0.15, 0.2) is 6.10 Å². The first-order chi connectivity index (χ1) is 6.93. The van der Waals surface area contributed by atoms with Gasteiger partial charge in [-0.3, -0.25) is 0 Å². The Bertz CT molecular complexity index is 263. The van der Waals surface area contributed by atoms with Crippen LogP contribution in [0.15, 0.2) is 0 Å². The minimum atomic E-state index is -0.420. The van der Waals surface area contributed by atoms with Gasteiger partial charge < -0.3 is 14.8 Å². The van der Waals surface area contributed by atoms with E-state index in [9.17, 15) is 4.79 Å². The molecule has 2 saturated heterocycles. The van der Waals surface area contributed by atoms with Gasteiger partial charge in [-0.15, -0.1) is 0 Å². The summed E-state index contributed by atoms with van der Waals surface area (Å²) in [5.74, 6) is -0.204. The average Bonchev–Trinajstić information content (AvgIpc) is 2.78. The Morgan fingerprint density at radius 3 is 2.53 bits per heavy atom. The summed E-state index contributed by atoms with van der Waals surface area (Å²) in [7, 11) is 0. The lowest BCUT2D eigenvalue weighted by Gasteiger charge is -2.21. The van der Waals surface area contributed by atoms with Gasteiger partial charge in [-0.1, -0.05) is 0 Å². The third kappa shape index (κ3) is 2.32. The fourth-order valence-corrected chi connectivity index (χ4v) is 2.05. The molecule has 1 spiro atoms. The molecule has 4 heteroatoms. The van der Waals surface area contributed by atoms with Crippen molar-refractivity contribution >= 4 is 5.97 Å². The summed E-state index contributed by atoms with van der Waals surface area (Å²) < 4.78 is 10.8. The molecule has 4 nitrogen and oxygen atoms in total. The Morgan fingerprint density at radius 2 is 2.00 bits per heavy atom. The van der Waals surface area contributed by atoms with Crippen LogP contribution in [-0.2, 0) is 14.3 Å². The van der Waals surface area contributed by atoms with E-state index >= 15 is 0 Å². The molecule has 1 unspecified atom stereocenters. The summed E-state index contributed by atoms with van der Waals surface area (Å²) in [4.78, 5) is 11.7. The van der Waals surface area contributed by atoms with E-state index in [4.69, 9.17) is 9.47 Å². The van der Waals surface area contributed by atoms with Gasteiger partial charge in [0.05, 0.1) is 0 Å². The zero-order valence-electron chi connectivity index (χ0n) is 9.63. The van der Waals surface area contributed by atoms with Crippen molar-refractivity contribution in [1.29, 1.82) is 0 Å². The Morgan fingerprint density at radius 1 is 1.40 bits per heavy atom. The fourth-order valence-electron chi connectivity index (χ4n) is 2.05. The van der Waals surface area contributed by atoms with E-state index in [1.807, 2.05) is 20.8 Å². The normalized spacial score (nSPS) is 28.9. The SMILES string of the molecule is CC(C)(C)OC(=O)C1OC12CCNCC2. The summed E-state index contributed by atoms with van der Waals surface area (Å²) >= 11 is 0. The smallest absolute Gasteiger partial charge is 0.338 e. The molecular formula is C11H19NO3. The van der Waals surface area contributed by atoms with E-state index in [0.717, 1.165) is 25.9 Å². The molecule has 0 aromatic rings. The van der Waals surface area contributed by atoms with E-state index in [1.165, 1.54) is 0 Å². The largest absolute Gasteiger partial charge is 0.458 e. The lowest BCUT2D eigenvalue weighted by molar-refractivity contribution is -0.156. The zero-order chi connectivity index (χ0) is 11.1. The summed E-state index contributed by atoms with van der Waals surface area (Å²) in [5.41, 5.74) is -0.620. The highest BCUT2D eigenvalue weighted by Gasteiger charge is 2.61. The maximum absolute atomic E-state index is 11.7. The molecule has 15 heavy (non-hydrogen) atoms. The number of piperidine rings is 1. The molecule has 2 rings (SSSR count). The number of hydrogen-bond donors (Lipinski definition) is 1. The van der Waals surface area contributed by atoms with Crippen LogP contribution in [-0.4, -0.2) is 36.4 Å². The second-order valence-corrected chi connectivity index (χ2v) is 5.35. The zero-order valence-corrected chi connectivity index (χ0v) is 9.63. The minimum absolute atomic E-state index is 0.201. The van der Waals surface area contributed by atoms with Crippen LogP contribution in [0.3, 0.4) is 0 Å². The first kappa shape index (κ1) is 10.9. The number of hydrogen-bond acceptors (Lipinski definition) is 4. The standard InChI is InChI=1S/C11H19NO3/c1-10(2,3)15-9(13)8-11(14-8)4-6-12-7-5-11/h8,12H,4-7H2,1-3H3. The van der Waals surface area contributed by atoms with E-state index < -0.39 is 5.60 Å². The molecule has 0 aliphatic carbocycles. The van der Waals surface area contributed by atoms with Crippen molar-refractivity contribution in [1.82, 2.24) is 5.32 Å². The molecule has 86 valence electrons. The highest BCUT2D eigenvalue weighted by Crippen LogP contribution is 2.44. The molecular weight excluding hydrogens is 194 g/mol. The van der Waals surface area contributed by atoms with Crippen LogP contribution >= 0.6 is 0 Å². The monoisotopic (exact) mass is 213 g/mol. The molecule has 1 atom stereocenters. The van der Waals surface area contributed by atoms with Crippen LogP contribution in [0.5, 0.6) is 0 Å². The van der Waals surface area contributed by atoms with Gasteiger partial charge in [0, 0.05) is 0 Å². The Balaban J connectivity index is 1.89. The Hall–Kier alpha value is -0.610. The highest BCUT2D eigenvalue weighted by atomic mass is 16.7. The van der Waals surface area contributed by atoms with Gasteiger partial charge in [0.25, 0.3) is 0 Å². The quantitative estimate of drug-likeness (QED) is 0.518. The van der Waals surface area contributed by atoms with E-state index in [0.29, 0.717) is 0 Å². The number of epoxide rings is 1. The summed E-state index contributed by atoms with van der Waals surface area (Å²) in [6, 6.07) is 0. The first-order valence-electron chi connectivity index (χ1n) is 5.54. The number of rotatable bonds is 1. The molecule has 0 amide bonds. The van der Waals surface area contributed by atoms with E-state index in [2.05, 4.69) is 5.32 Å². The third-order valence-corrected chi connectivity index (χ3v) is 2.84. The number of esters is 1. The number of ether oxygens (including phenoxy) is 2. The molecule has 2 fully saturated rings. The molecule has 1 N–H and O–H groups in total. The molecule has 2 aliphatic heterocycles. The van der Waals surface area contributed by atoms with Crippen molar-refractivity contribution < 1.29 is 14.3 Å². The second kappa shape index (κ2) is 3.46. The summed E-state index contributed by atoms with van der Waals surface area (Å²) in [6.45, 7) is 7.49. The van der Waals surface area contributed by atoms with Crippen molar-refractivity contribution in [3.63, 3.8) is 0 Å². The Kier molecular flexibility index (Phi) is 2.51. The number of carbonyl (C=O) groups is 1. The molecule has 0 aromatic heterocycles. The van der Waals surface area contributed by atoms with Crippen molar-refractivity contribution in [2.24, 2.45) is 0 Å². The lowest BCUT2D eigenvalue weighted by Crippen LogP contribution is -2.37. The van der Waals surface area contributed by atoms with Crippen LogP contribution in [0.4, 0.5) is 0 Å². The van der Waals surface area contributed by atoms with Crippen molar-refractivity contribution in [2.45, 2.75) is 50.9 Å². The maximum Gasteiger partial charge on any atom is 0.338 e. The Labute approximate surface area is 90.3 Å². The highest BCUT2D eigenvalue weighted by molar-refractivity contribution is 5.79. The van der Waals surface area contributed by atoms with Crippen LogP contribution in [0.25, 0.3) is 0 Å². The first-order valence-corrected chi connectivity index (χ1v) is 5.54. The number of carbonyl (C=O) groups excluding carboxylic acids is 1. The van der Waals surface area contributed by atoms with Crippen LogP contribution < -0.4 is 5.32 Å². The topological polar surface area (TPSA) is 50.9 Å². The van der Waals surface area contributed by atoms with Gasteiger partial charge >= 0.3 is 5.97 Å². The molecule has 0 aromatic carbocycles. The molecule has 2 heterocycles. The van der Waals surface area contributed by atoms with Crippen LogP contribution in [0, 0.1) is 0 Å². The predicted molar refractivity (Wildman–Crippen MR) is 55.6 cm³/mol. The second-order valence-electron chi connectivity index (χ2n) is 5.35. The van der Waals surface area contributed by atoms with Gasteiger partial charge in [-0.2, -0.15) is 0 Å². The maximum atomic E-state index is 11.7. The van der Waals surface area contributed by atoms with Gasteiger partial charge in [-0.05, 0) is 46.7 Å². The van der Waals surface area contributed by atoms with E-state index in [1.54, 1.807) is 0 Å².